The standard InChI is InChI=1S/C11H6Cl2O2S/c12-7-3-8(13)5-9(4-7)15-11-2-1-10(6-14)16-11/h1-6H. The van der Waals surface area contributed by atoms with Crippen molar-refractivity contribution in [2.24, 2.45) is 0 Å². The Morgan fingerprint density at radius 2 is 1.81 bits per heavy atom. The third kappa shape index (κ3) is 2.76. The van der Waals surface area contributed by atoms with E-state index in [1.165, 1.54) is 11.3 Å². The minimum Gasteiger partial charge on any atom is -0.447 e. The van der Waals surface area contributed by atoms with E-state index in [0.29, 0.717) is 25.7 Å². The van der Waals surface area contributed by atoms with E-state index in [4.69, 9.17) is 27.9 Å². The van der Waals surface area contributed by atoms with Crippen molar-refractivity contribution in [2.45, 2.75) is 0 Å². The normalized spacial score (nSPS) is 10.1. The van der Waals surface area contributed by atoms with Crippen molar-refractivity contribution in [3.05, 3.63) is 45.3 Å². The molecule has 0 saturated carbocycles. The molecular formula is C11H6Cl2O2S. The molecule has 0 saturated heterocycles. The Morgan fingerprint density at radius 1 is 1.12 bits per heavy atom. The van der Waals surface area contributed by atoms with Gasteiger partial charge in [0.25, 0.3) is 0 Å². The van der Waals surface area contributed by atoms with Crippen LogP contribution >= 0.6 is 34.5 Å². The molecule has 0 fully saturated rings. The highest BCUT2D eigenvalue weighted by atomic mass is 35.5. The molecule has 1 aromatic carbocycles. The van der Waals surface area contributed by atoms with Gasteiger partial charge in [0.1, 0.15) is 5.75 Å². The maximum Gasteiger partial charge on any atom is 0.181 e. The Kier molecular flexibility index (Phi) is 3.49. The van der Waals surface area contributed by atoms with Crippen LogP contribution in [0.4, 0.5) is 0 Å². The summed E-state index contributed by atoms with van der Waals surface area (Å²) >= 11 is 12.9. The highest BCUT2D eigenvalue weighted by molar-refractivity contribution is 7.15. The molecule has 0 atom stereocenters. The highest BCUT2D eigenvalue weighted by Gasteiger charge is 2.03. The first kappa shape index (κ1) is 11.5. The van der Waals surface area contributed by atoms with Crippen LogP contribution in [0.3, 0.4) is 0 Å². The number of thiophene rings is 1. The maximum atomic E-state index is 10.5. The van der Waals surface area contributed by atoms with E-state index in [1.807, 2.05) is 0 Å². The van der Waals surface area contributed by atoms with Crippen molar-refractivity contribution >= 4 is 40.8 Å². The van der Waals surface area contributed by atoms with Crippen molar-refractivity contribution in [1.29, 1.82) is 0 Å². The maximum absolute atomic E-state index is 10.5. The summed E-state index contributed by atoms with van der Waals surface area (Å²) in [5, 5.41) is 1.64. The molecule has 2 nitrogen and oxygen atoms in total. The molecule has 0 aliphatic heterocycles. The number of aldehydes is 1. The van der Waals surface area contributed by atoms with Gasteiger partial charge in [-0.15, -0.1) is 0 Å². The Bertz CT molecular complexity index is 502. The molecule has 0 unspecified atom stereocenters. The predicted molar refractivity (Wildman–Crippen MR) is 66.2 cm³/mol. The number of benzene rings is 1. The smallest absolute Gasteiger partial charge is 0.181 e. The van der Waals surface area contributed by atoms with Crippen molar-refractivity contribution < 1.29 is 9.53 Å². The van der Waals surface area contributed by atoms with Crippen molar-refractivity contribution in [2.75, 3.05) is 0 Å². The first-order chi connectivity index (χ1) is 7.67. The quantitative estimate of drug-likeness (QED) is 0.760. The lowest BCUT2D eigenvalue weighted by Crippen LogP contribution is -1.80. The summed E-state index contributed by atoms with van der Waals surface area (Å²) in [6.07, 6.45) is 0.780. The first-order valence-corrected chi connectivity index (χ1v) is 5.93. The minimum atomic E-state index is 0.509. The van der Waals surface area contributed by atoms with Crippen molar-refractivity contribution in [1.82, 2.24) is 0 Å². The van der Waals surface area contributed by atoms with E-state index in [-0.39, 0.29) is 0 Å². The predicted octanol–water partition coefficient (Wildman–Crippen LogP) is 4.66. The molecule has 0 bridgehead atoms. The van der Waals surface area contributed by atoms with Crippen molar-refractivity contribution in [3.63, 3.8) is 0 Å². The SMILES string of the molecule is O=Cc1ccc(Oc2cc(Cl)cc(Cl)c2)s1. The van der Waals surface area contributed by atoms with Gasteiger partial charge >= 0.3 is 0 Å². The topological polar surface area (TPSA) is 26.3 Å². The summed E-state index contributed by atoms with van der Waals surface area (Å²) in [5.74, 6) is 0.553. The second-order valence-electron chi connectivity index (χ2n) is 2.98. The molecule has 5 heteroatoms. The Hall–Kier alpha value is -1.03. The molecule has 16 heavy (non-hydrogen) atoms. The first-order valence-electron chi connectivity index (χ1n) is 4.36. The lowest BCUT2D eigenvalue weighted by atomic mass is 10.3. The zero-order valence-electron chi connectivity index (χ0n) is 7.94. The minimum absolute atomic E-state index is 0.509. The molecule has 0 N–H and O–H groups in total. The van der Waals surface area contributed by atoms with Gasteiger partial charge in [-0.05, 0) is 30.3 Å². The van der Waals surface area contributed by atoms with Crippen molar-refractivity contribution in [3.8, 4) is 10.8 Å². The van der Waals surface area contributed by atoms with Gasteiger partial charge in [0.2, 0.25) is 0 Å². The van der Waals surface area contributed by atoms with Crippen LogP contribution in [0.25, 0.3) is 0 Å². The zero-order chi connectivity index (χ0) is 11.5. The second kappa shape index (κ2) is 4.87. The number of hydrogen-bond acceptors (Lipinski definition) is 3. The van der Waals surface area contributed by atoms with Crippen LogP contribution in [0.5, 0.6) is 10.8 Å². The fraction of sp³-hybridized carbons (Fsp3) is 0. The van der Waals surface area contributed by atoms with Gasteiger partial charge in [0.15, 0.2) is 11.3 Å². The van der Waals surface area contributed by atoms with Gasteiger partial charge in [-0.1, -0.05) is 34.5 Å². The van der Waals surface area contributed by atoms with Gasteiger partial charge in [-0.25, -0.2) is 0 Å². The monoisotopic (exact) mass is 272 g/mol. The van der Waals surface area contributed by atoms with Gasteiger partial charge in [-0.3, -0.25) is 4.79 Å². The van der Waals surface area contributed by atoms with Gasteiger partial charge < -0.3 is 4.74 Å². The summed E-state index contributed by atoms with van der Waals surface area (Å²) in [6.45, 7) is 0. The third-order valence-electron chi connectivity index (χ3n) is 1.77. The number of halogens is 2. The molecule has 2 rings (SSSR count). The van der Waals surface area contributed by atoms with Crippen LogP contribution in [0.1, 0.15) is 9.67 Å². The molecular weight excluding hydrogens is 267 g/mol. The third-order valence-corrected chi connectivity index (χ3v) is 3.10. The van der Waals surface area contributed by atoms with E-state index in [9.17, 15) is 4.79 Å². The van der Waals surface area contributed by atoms with Gasteiger partial charge in [0.05, 0.1) is 4.88 Å². The molecule has 0 aliphatic rings. The van der Waals surface area contributed by atoms with Crippen LogP contribution in [0.15, 0.2) is 30.3 Å². The summed E-state index contributed by atoms with van der Waals surface area (Å²) in [5.41, 5.74) is 0. The number of hydrogen-bond donors (Lipinski definition) is 0. The molecule has 0 spiro atoms. The lowest BCUT2D eigenvalue weighted by Gasteiger charge is -2.03. The summed E-state index contributed by atoms with van der Waals surface area (Å²) in [6, 6.07) is 8.37. The molecule has 1 heterocycles. The van der Waals surface area contributed by atoms with E-state index < -0.39 is 0 Å². The fourth-order valence-electron chi connectivity index (χ4n) is 1.16. The van der Waals surface area contributed by atoms with E-state index in [1.54, 1.807) is 30.3 Å². The van der Waals surface area contributed by atoms with Crippen LogP contribution in [-0.4, -0.2) is 6.29 Å². The number of rotatable bonds is 3. The Balaban J connectivity index is 2.22. The van der Waals surface area contributed by atoms with Crippen LogP contribution in [0.2, 0.25) is 10.0 Å². The molecule has 0 amide bonds. The lowest BCUT2D eigenvalue weighted by molar-refractivity contribution is 0.112. The van der Waals surface area contributed by atoms with Crippen LogP contribution < -0.4 is 4.74 Å². The largest absolute Gasteiger partial charge is 0.447 e. The summed E-state index contributed by atoms with van der Waals surface area (Å²) < 4.78 is 5.51. The van der Waals surface area contributed by atoms with Gasteiger partial charge in [0, 0.05) is 10.0 Å². The molecule has 0 aliphatic carbocycles. The molecule has 1 aromatic heterocycles. The average molecular weight is 273 g/mol. The van der Waals surface area contributed by atoms with Crippen LogP contribution in [0, 0.1) is 0 Å². The second-order valence-corrected chi connectivity index (χ2v) is 4.93. The Morgan fingerprint density at radius 3 is 2.38 bits per heavy atom. The Labute approximate surface area is 106 Å². The molecule has 82 valence electrons. The zero-order valence-corrected chi connectivity index (χ0v) is 10.3. The fourth-order valence-corrected chi connectivity index (χ4v) is 2.35. The average Bonchev–Trinajstić information content (AvgIpc) is 2.64. The van der Waals surface area contributed by atoms with Crippen LogP contribution in [-0.2, 0) is 0 Å². The number of carbonyl (C=O) groups is 1. The molecule has 2 aromatic rings. The van der Waals surface area contributed by atoms with E-state index >= 15 is 0 Å². The highest BCUT2D eigenvalue weighted by Crippen LogP contribution is 2.31. The number of carbonyl (C=O) groups excluding carboxylic acids is 1. The molecule has 0 radical (unpaired) electrons. The van der Waals surface area contributed by atoms with E-state index in [2.05, 4.69) is 0 Å². The summed E-state index contributed by atoms with van der Waals surface area (Å²) in [7, 11) is 0. The number of ether oxygens (including phenoxy) is 1. The van der Waals surface area contributed by atoms with E-state index in [0.717, 1.165) is 6.29 Å². The summed E-state index contributed by atoms with van der Waals surface area (Å²) in [4.78, 5) is 11.1. The van der Waals surface area contributed by atoms with Gasteiger partial charge in [-0.2, -0.15) is 0 Å².